The summed E-state index contributed by atoms with van der Waals surface area (Å²) >= 11 is 0. The van der Waals surface area contributed by atoms with Crippen LogP contribution >= 0.6 is 0 Å². The van der Waals surface area contributed by atoms with E-state index in [0.717, 1.165) is 43.7 Å². The van der Waals surface area contributed by atoms with Gasteiger partial charge in [-0.3, -0.25) is 9.97 Å². The molecule has 0 radical (unpaired) electrons. The molecule has 3 N–H and O–H groups in total. The number of hydrogen-bond acceptors (Lipinski definition) is 4. The number of nitrogens with two attached hydrogens (primary N) is 1. The van der Waals surface area contributed by atoms with Crippen LogP contribution < -0.4 is 11.1 Å². The van der Waals surface area contributed by atoms with Crippen molar-refractivity contribution < 1.29 is 0 Å². The first-order valence-electron chi connectivity index (χ1n) is 8.36. The van der Waals surface area contributed by atoms with E-state index in [1.165, 1.54) is 16.8 Å². The maximum atomic E-state index is 5.69. The number of aryl methyl sites for hydroxylation is 3. The second kappa shape index (κ2) is 8.75. The van der Waals surface area contributed by atoms with Gasteiger partial charge in [0.15, 0.2) is 0 Å². The van der Waals surface area contributed by atoms with Gasteiger partial charge < -0.3 is 11.1 Å². The quantitative estimate of drug-likeness (QED) is 0.787. The van der Waals surface area contributed by atoms with Crippen LogP contribution in [0.1, 0.15) is 41.1 Å². The van der Waals surface area contributed by atoms with E-state index in [1.807, 2.05) is 19.2 Å². The molecule has 4 nitrogen and oxygen atoms in total. The van der Waals surface area contributed by atoms with Crippen LogP contribution in [0.2, 0.25) is 0 Å². The Morgan fingerprint density at radius 1 is 1.22 bits per heavy atom. The average molecular weight is 312 g/mol. The predicted molar refractivity (Wildman–Crippen MR) is 95.3 cm³/mol. The van der Waals surface area contributed by atoms with Crippen LogP contribution in [0.15, 0.2) is 30.5 Å². The third kappa shape index (κ3) is 5.73. The minimum absolute atomic E-state index is 0.370. The van der Waals surface area contributed by atoms with Crippen molar-refractivity contribution >= 4 is 0 Å². The fourth-order valence-corrected chi connectivity index (χ4v) is 2.78. The Bertz CT molecular complexity index is 625. The topological polar surface area (TPSA) is 63.8 Å². The maximum absolute atomic E-state index is 5.69. The SMILES string of the molecule is Cc1cnc(CC(CCCN)NCc2cccc(C)n2)c(C)c1. The molecule has 0 spiro atoms. The van der Waals surface area contributed by atoms with Gasteiger partial charge in [0, 0.05) is 36.6 Å². The van der Waals surface area contributed by atoms with E-state index in [1.54, 1.807) is 0 Å². The van der Waals surface area contributed by atoms with E-state index in [9.17, 15) is 0 Å². The van der Waals surface area contributed by atoms with Gasteiger partial charge in [-0.05, 0) is 63.4 Å². The van der Waals surface area contributed by atoms with Crippen LogP contribution in [-0.2, 0) is 13.0 Å². The Labute approximate surface area is 139 Å². The van der Waals surface area contributed by atoms with E-state index < -0.39 is 0 Å². The Balaban J connectivity index is 2.01. The van der Waals surface area contributed by atoms with Crippen molar-refractivity contribution in [2.24, 2.45) is 5.73 Å². The molecule has 2 heterocycles. The van der Waals surface area contributed by atoms with Crippen molar-refractivity contribution in [2.75, 3.05) is 6.54 Å². The van der Waals surface area contributed by atoms with Crippen molar-refractivity contribution in [3.63, 3.8) is 0 Å². The van der Waals surface area contributed by atoms with Crippen LogP contribution in [0.3, 0.4) is 0 Å². The van der Waals surface area contributed by atoms with Gasteiger partial charge in [-0.1, -0.05) is 12.1 Å². The van der Waals surface area contributed by atoms with Crippen molar-refractivity contribution in [2.45, 2.75) is 52.6 Å². The minimum Gasteiger partial charge on any atom is -0.330 e. The molecule has 0 aliphatic rings. The second-order valence-electron chi connectivity index (χ2n) is 6.26. The maximum Gasteiger partial charge on any atom is 0.0544 e. The molecule has 0 saturated carbocycles. The first kappa shape index (κ1) is 17.6. The normalized spacial score (nSPS) is 12.3. The molecule has 1 atom stereocenters. The lowest BCUT2D eigenvalue weighted by molar-refractivity contribution is 0.458. The van der Waals surface area contributed by atoms with Crippen molar-refractivity contribution in [1.29, 1.82) is 0 Å². The molecule has 0 aliphatic heterocycles. The lowest BCUT2D eigenvalue weighted by atomic mass is 10.0. The van der Waals surface area contributed by atoms with Crippen LogP contribution in [0.5, 0.6) is 0 Å². The van der Waals surface area contributed by atoms with E-state index >= 15 is 0 Å². The predicted octanol–water partition coefficient (Wildman–Crippen LogP) is 2.84. The first-order chi connectivity index (χ1) is 11.1. The highest BCUT2D eigenvalue weighted by atomic mass is 14.9. The third-order valence-corrected chi connectivity index (χ3v) is 4.04. The monoisotopic (exact) mass is 312 g/mol. The zero-order valence-electron chi connectivity index (χ0n) is 14.5. The van der Waals surface area contributed by atoms with Crippen LogP contribution in [-0.4, -0.2) is 22.6 Å². The Kier molecular flexibility index (Phi) is 6.68. The van der Waals surface area contributed by atoms with Crippen molar-refractivity contribution in [3.8, 4) is 0 Å². The van der Waals surface area contributed by atoms with Gasteiger partial charge >= 0.3 is 0 Å². The molecule has 0 aromatic carbocycles. The second-order valence-corrected chi connectivity index (χ2v) is 6.26. The number of rotatable bonds is 8. The molecule has 0 fully saturated rings. The molecule has 2 aromatic heterocycles. The van der Waals surface area contributed by atoms with Gasteiger partial charge in [0.25, 0.3) is 0 Å². The molecular formula is C19H28N4. The van der Waals surface area contributed by atoms with Gasteiger partial charge in [0.2, 0.25) is 0 Å². The molecule has 0 saturated heterocycles. The van der Waals surface area contributed by atoms with Gasteiger partial charge in [0.1, 0.15) is 0 Å². The van der Waals surface area contributed by atoms with Crippen molar-refractivity contribution in [1.82, 2.24) is 15.3 Å². The summed E-state index contributed by atoms with van der Waals surface area (Å²) in [5, 5.41) is 3.63. The average Bonchev–Trinajstić information content (AvgIpc) is 2.52. The van der Waals surface area contributed by atoms with Gasteiger partial charge in [-0.25, -0.2) is 0 Å². The molecule has 0 aliphatic carbocycles. The van der Waals surface area contributed by atoms with E-state index in [-0.39, 0.29) is 0 Å². The fourth-order valence-electron chi connectivity index (χ4n) is 2.78. The first-order valence-corrected chi connectivity index (χ1v) is 8.36. The summed E-state index contributed by atoms with van der Waals surface area (Å²) in [6.07, 6.45) is 4.95. The lowest BCUT2D eigenvalue weighted by Crippen LogP contribution is -2.32. The Hall–Kier alpha value is -1.78. The van der Waals surface area contributed by atoms with E-state index in [2.05, 4.69) is 47.3 Å². The highest BCUT2D eigenvalue weighted by molar-refractivity contribution is 5.24. The molecule has 23 heavy (non-hydrogen) atoms. The summed E-state index contributed by atoms with van der Waals surface area (Å²) in [7, 11) is 0. The van der Waals surface area contributed by atoms with E-state index in [0.29, 0.717) is 6.04 Å². The summed E-state index contributed by atoms with van der Waals surface area (Å²) in [4.78, 5) is 9.17. The number of nitrogens with zero attached hydrogens (tertiary/aromatic N) is 2. The van der Waals surface area contributed by atoms with Crippen LogP contribution in [0.25, 0.3) is 0 Å². The molecule has 0 amide bonds. The number of nitrogens with one attached hydrogen (secondary N) is 1. The van der Waals surface area contributed by atoms with Gasteiger partial charge in [-0.2, -0.15) is 0 Å². The van der Waals surface area contributed by atoms with Gasteiger partial charge in [0.05, 0.1) is 5.69 Å². The molecule has 2 aromatic rings. The summed E-state index contributed by atoms with van der Waals surface area (Å²) in [6, 6.07) is 8.71. The van der Waals surface area contributed by atoms with E-state index in [4.69, 9.17) is 5.73 Å². The number of aromatic nitrogens is 2. The largest absolute Gasteiger partial charge is 0.330 e. The zero-order chi connectivity index (χ0) is 16.7. The summed E-state index contributed by atoms with van der Waals surface area (Å²) in [5.74, 6) is 0. The van der Waals surface area contributed by atoms with Crippen LogP contribution in [0.4, 0.5) is 0 Å². The molecule has 1 unspecified atom stereocenters. The highest BCUT2D eigenvalue weighted by Gasteiger charge is 2.12. The third-order valence-electron chi connectivity index (χ3n) is 4.04. The fraction of sp³-hybridized carbons (Fsp3) is 0.474. The van der Waals surface area contributed by atoms with Gasteiger partial charge in [-0.15, -0.1) is 0 Å². The standard InChI is InChI=1S/C19H28N4/c1-14-10-15(2)19(22-12-14)11-17(8-5-9-20)21-13-18-7-4-6-16(3)23-18/h4,6-7,10,12,17,21H,5,8-9,11,13,20H2,1-3H3. The van der Waals surface area contributed by atoms with Crippen molar-refractivity contribution in [3.05, 3.63) is 58.7 Å². The summed E-state index contributed by atoms with van der Waals surface area (Å²) < 4.78 is 0. The summed E-state index contributed by atoms with van der Waals surface area (Å²) in [6.45, 7) is 7.74. The number of pyridine rings is 2. The Morgan fingerprint density at radius 2 is 2.04 bits per heavy atom. The van der Waals surface area contributed by atoms with Crippen LogP contribution in [0, 0.1) is 20.8 Å². The lowest BCUT2D eigenvalue weighted by Gasteiger charge is -2.19. The molecule has 124 valence electrons. The smallest absolute Gasteiger partial charge is 0.0544 e. The summed E-state index contributed by atoms with van der Waals surface area (Å²) in [5.41, 5.74) is 11.5. The number of hydrogen-bond donors (Lipinski definition) is 2. The minimum atomic E-state index is 0.370. The zero-order valence-corrected chi connectivity index (χ0v) is 14.5. The molecule has 4 heteroatoms. The Morgan fingerprint density at radius 3 is 2.74 bits per heavy atom. The molecule has 0 bridgehead atoms. The molecular weight excluding hydrogens is 284 g/mol. The highest BCUT2D eigenvalue weighted by Crippen LogP contribution is 2.12. The molecule has 2 rings (SSSR count).